The maximum Gasteiger partial charge on any atom is 0.231 e. The number of fused-ring (bicyclic) bond motifs is 1. The maximum absolute atomic E-state index is 10.5. The molecule has 2 unspecified atom stereocenters. The molecule has 0 amide bonds. The third-order valence-corrected chi connectivity index (χ3v) is 4.10. The summed E-state index contributed by atoms with van der Waals surface area (Å²) in [5, 5.41) is 10.5. The predicted molar refractivity (Wildman–Crippen MR) is 83.3 cm³/mol. The molecule has 2 atom stereocenters. The number of aliphatic hydroxyl groups is 1. The first-order valence-corrected chi connectivity index (χ1v) is 7.51. The van der Waals surface area contributed by atoms with Crippen molar-refractivity contribution in [2.45, 2.75) is 18.6 Å². The van der Waals surface area contributed by atoms with E-state index in [9.17, 15) is 5.11 Å². The highest BCUT2D eigenvalue weighted by atomic mass is 79.9. The van der Waals surface area contributed by atoms with Crippen LogP contribution in [0.1, 0.15) is 17.2 Å². The number of rotatable bonds is 4. The Morgan fingerprint density at radius 3 is 2.71 bits per heavy atom. The molecule has 21 heavy (non-hydrogen) atoms. The monoisotopic (exact) mass is 349 g/mol. The van der Waals surface area contributed by atoms with Crippen LogP contribution in [-0.4, -0.2) is 17.9 Å². The molecule has 4 nitrogen and oxygen atoms in total. The van der Waals surface area contributed by atoms with Crippen molar-refractivity contribution >= 4 is 15.9 Å². The molecule has 0 radical (unpaired) electrons. The van der Waals surface area contributed by atoms with E-state index in [1.54, 1.807) is 6.07 Å². The molecule has 0 fully saturated rings. The summed E-state index contributed by atoms with van der Waals surface area (Å²) >= 11 is 3.43. The van der Waals surface area contributed by atoms with Gasteiger partial charge in [0.05, 0.1) is 10.6 Å². The lowest BCUT2D eigenvalue weighted by atomic mass is 9.96. The zero-order valence-corrected chi connectivity index (χ0v) is 12.9. The van der Waals surface area contributed by atoms with E-state index in [0.717, 1.165) is 15.6 Å². The van der Waals surface area contributed by atoms with E-state index in [1.807, 2.05) is 36.4 Å². The van der Waals surface area contributed by atoms with Crippen LogP contribution in [0, 0.1) is 0 Å². The van der Waals surface area contributed by atoms with Gasteiger partial charge in [0, 0.05) is 6.04 Å². The number of ether oxygens (including phenoxy) is 2. The molecule has 3 rings (SSSR count). The van der Waals surface area contributed by atoms with Gasteiger partial charge in [0.1, 0.15) is 0 Å². The largest absolute Gasteiger partial charge is 0.454 e. The highest BCUT2D eigenvalue weighted by molar-refractivity contribution is 9.10. The fourth-order valence-electron chi connectivity index (χ4n) is 2.40. The van der Waals surface area contributed by atoms with E-state index in [1.165, 1.54) is 0 Å². The third-order valence-electron chi connectivity index (χ3n) is 3.51. The van der Waals surface area contributed by atoms with Crippen molar-refractivity contribution < 1.29 is 14.6 Å². The van der Waals surface area contributed by atoms with Crippen LogP contribution in [0.2, 0.25) is 0 Å². The number of nitrogens with two attached hydrogens (primary N) is 1. The lowest BCUT2D eigenvalue weighted by molar-refractivity contribution is 0.145. The molecule has 0 aliphatic carbocycles. The van der Waals surface area contributed by atoms with Gasteiger partial charge in [0.15, 0.2) is 11.5 Å². The zero-order chi connectivity index (χ0) is 14.8. The van der Waals surface area contributed by atoms with Crippen LogP contribution in [-0.2, 0) is 6.42 Å². The Bertz CT molecular complexity index is 633. The van der Waals surface area contributed by atoms with Crippen LogP contribution in [0.25, 0.3) is 0 Å². The SMILES string of the molecule is NC(Cc1ccccc1)C(O)c1cc(Br)c2c(c1)OCO2. The van der Waals surface area contributed by atoms with Crippen LogP contribution in [0.5, 0.6) is 11.5 Å². The Morgan fingerprint density at radius 2 is 1.95 bits per heavy atom. The van der Waals surface area contributed by atoms with E-state index in [2.05, 4.69) is 15.9 Å². The molecular weight excluding hydrogens is 334 g/mol. The van der Waals surface area contributed by atoms with E-state index >= 15 is 0 Å². The fourth-order valence-corrected chi connectivity index (χ4v) is 2.98. The van der Waals surface area contributed by atoms with Gasteiger partial charge in [-0.1, -0.05) is 30.3 Å². The van der Waals surface area contributed by atoms with E-state index < -0.39 is 6.10 Å². The van der Waals surface area contributed by atoms with E-state index in [0.29, 0.717) is 17.9 Å². The molecular formula is C16H16BrNO3. The van der Waals surface area contributed by atoms with Gasteiger partial charge < -0.3 is 20.3 Å². The summed E-state index contributed by atoms with van der Waals surface area (Å²) in [7, 11) is 0. The van der Waals surface area contributed by atoms with Crippen molar-refractivity contribution in [2.24, 2.45) is 5.73 Å². The highest BCUT2D eigenvalue weighted by Gasteiger charge is 2.23. The molecule has 0 aromatic heterocycles. The van der Waals surface area contributed by atoms with E-state index in [4.69, 9.17) is 15.2 Å². The topological polar surface area (TPSA) is 64.7 Å². The third kappa shape index (κ3) is 3.05. The van der Waals surface area contributed by atoms with Gasteiger partial charge in [0.2, 0.25) is 6.79 Å². The smallest absolute Gasteiger partial charge is 0.231 e. The van der Waals surface area contributed by atoms with Crippen molar-refractivity contribution in [1.29, 1.82) is 0 Å². The van der Waals surface area contributed by atoms with Gasteiger partial charge >= 0.3 is 0 Å². The predicted octanol–water partition coefficient (Wildman–Crippen LogP) is 2.78. The molecule has 3 N–H and O–H groups in total. The molecule has 1 aliphatic rings. The molecule has 110 valence electrons. The van der Waals surface area contributed by atoms with Gasteiger partial charge in [-0.05, 0) is 45.6 Å². The Labute approximate surface area is 131 Å². The second-order valence-corrected chi connectivity index (χ2v) is 5.89. The Kier molecular flexibility index (Phi) is 4.14. The molecule has 2 aromatic rings. The Morgan fingerprint density at radius 1 is 1.19 bits per heavy atom. The lowest BCUT2D eigenvalue weighted by Gasteiger charge is -2.20. The van der Waals surface area contributed by atoms with Crippen LogP contribution in [0.15, 0.2) is 46.9 Å². The molecule has 2 aromatic carbocycles. The van der Waals surface area contributed by atoms with Gasteiger partial charge in [-0.25, -0.2) is 0 Å². The second-order valence-electron chi connectivity index (χ2n) is 5.03. The summed E-state index contributed by atoms with van der Waals surface area (Å²) < 4.78 is 11.5. The van der Waals surface area contributed by atoms with Crippen molar-refractivity contribution in [2.75, 3.05) is 6.79 Å². The molecule has 1 aliphatic heterocycles. The molecule has 1 heterocycles. The first kappa shape index (κ1) is 14.4. The van der Waals surface area contributed by atoms with Crippen LogP contribution >= 0.6 is 15.9 Å². The van der Waals surface area contributed by atoms with Gasteiger partial charge in [-0.15, -0.1) is 0 Å². The average Bonchev–Trinajstić information content (AvgIpc) is 2.96. The molecule has 0 saturated heterocycles. The number of aliphatic hydroxyl groups excluding tert-OH is 1. The average molecular weight is 350 g/mol. The van der Waals surface area contributed by atoms with Crippen molar-refractivity contribution in [3.05, 3.63) is 58.1 Å². The van der Waals surface area contributed by atoms with Crippen molar-refractivity contribution in [3.63, 3.8) is 0 Å². The number of benzene rings is 2. The fraction of sp³-hybridized carbons (Fsp3) is 0.250. The summed E-state index contributed by atoms with van der Waals surface area (Å²) in [5.41, 5.74) is 7.96. The van der Waals surface area contributed by atoms with E-state index in [-0.39, 0.29) is 12.8 Å². The molecule has 5 heteroatoms. The zero-order valence-electron chi connectivity index (χ0n) is 11.3. The summed E-state index contributed by atoms with van der Waals surface area (Å²) in [6.07, 6.45) is -0.162. The molecule has 0 spiro atoms. The summed E-state index contributed by atoms with van der Waals surface area (Å²) in [6, 6.07) is 13.1. The number of halogens is 1. The van der Waals surface area contributed by atoms with Gasteiger partial charge in [0.25, 0.3) is 0 Å². The highest BCUT2D eigenvalue weighted by Crippen LogP contribution is 2.41. The quantitative estimate of drug-likeness (QED) is 0.890. The summed E-state index contributed by atoms with van der Waals surface area (Å²) in [4.78, 5) is 0. The Balaban J connectivity index is 1.78. The minimum atomic E-state index is -0.768. The molecule has 0 bridgehead atoms. The maximum atomic E-state index is 10.5. The number of hydrogen-bond donors (Lipinski definition) is 2. The van der Waals surface area contributed by atoms with Crippen LogP contribution < -0.4 is 15.2 Å². The second kappa shape index (κ2) is 6.05. The summed E-state index contributed by atoms with van der Waals surface area (Å²) in [6.45, 7) is 0.198. The minimum absolute atomic E-state index is 0.198. The van der Waals surface area contributed by atoms with Gasteiger partial charge in [-0.3, -0.25) is 0 Å². The lowest BCUT2D eigenvalue weighted by Crippen LogP contribution is -2.30. The first-order valence-electron chi connectivity index (χ1n) is 6.72. The number of hydrogen-bond acceptors (Lipinski definition) is 4. The normalized spacial score (nSPS) is 15.8. The summed E-state index contributed by atoms with van der Waals surface area (Å²) in [5.74, 6) is 1.30. The van der Waals surface area contributed by atoms with Gasteiger partial charge in [-0.2, -0.15) is 0 Å². The standard InChI is InChI=1S/C16H16BrNO3/c17-12-7-11(8-14-16(12)21-9-20-14)15(19)13(18)6-10-4-2-1-3-5-10/h1-5,7-8,13,15,19H,6,9,18H2. The Hall–Kier alpha value is -1.56. The van der Waals surface area contributed by atoms with Crippen molar-refractivity contribution in [3.8, 4) is 11.5 Å². The first-order chi connectivity index (χ1) is 10.1. The minimum Gasteiger partial charge on any atom is -0.454 e. The van der Waals surface area contributed by atoms with Crippen molar-refractivity contribution in [1.82, 2.24) is 0 Å². The molecule has 0 saturated carbocycles. The van der Waals surface area contributed by atoms with Crippen LogP contribution in [0.4, 0.5) is 0 Å². The van der Waals surface area contributed by atoms with Crippen LogP contribution in [0.3, 0.4) is 0 Å².